The van der Waals surface area contributed by atoms with Crippen molar-refractivity contribution in [2.75, 3.05) is 0 Å². The molecule has 4 aromatic rings. The number of halogens is 5. The van der Waals surface area contributed by atoms with E-state index in [4.69, 9.17) is 0 Å². The Bertz CT molecular complexity index is 1850. The van der Waals surface area contributed by atoms with Gasteiger partial charge in [0.2, 0.25) is 0 Å². The molecule has 0 amide bonds. The van der Waals surface area contributed by atoms with Crippen LogP contribution in [-0.4, -0.2) is 3.21 Å². The summed E-state index contributed by atoms with van der Waals surface area (Å²) >= 11 is -3.11. The molecule has 46 heavy (non-hydrogen) atoms. The molecule has 0 heterocycles. The molecule has 0 atom stereocenters. The summed E-state index contributed by atoms with van der Waals surface area (Å²) in [4.78, 5) is 0. The van der Waals surface area contributed by atoms with Crippen LogP contribution in [0.25, 0.3) is 11.1 Å². The van der Waals surface area contributed by atoms with E-state index in [1.165, 1.54) is 52.1 Å². The van der Waals surface area contributed by atoms with Gasteiger partial charge in [0.05, 0.1) is 0 Å². The van der Waals surface area contributed by atoms with Gasteiger partial charge >= 0.3 is 269 Å². The zero-order valence-electron chi connectivity index (χ0n) is 27.1. The van der Waals surface area contributed by atoms with Crippen molar-refractivity contribution < 1.29 is 59.3 Å². The standard InChI is InChI=1S/C21H25.C14H9F3.C5H5.2ClH.Zr/c1-20(2,3)16-9-7-14-11-15-8-10-17(21(4,5)6)13-19(15)18(14)12-16;15-14(16,17)13-8-4-7-12(10-13)9-11-5-2-1-3-6-11;1-2-4-5-3-1;;;/h7,9-10,12-13H,11H2,1-6H3;1-8,10H;1-3H,4H2;2*1H;/q;;;;;+2/p-2. The first kappa shape index (κ1) is 36.3. The number of fused-ring (bicyclic) bond motifs is 3. The molecule has 0 nitrogen and oxygen atoms in total. The molecular formula is C40H39Cl2F3Zr. The molecule has 0 saturated carbocycles. The summed E-state index contributed by atoms with van der Waals surface area (Å²) in [7, 11) is 0. The van der Waals surface area contributed by atoms with E-state index in [0.29, 0.717) is 5.56 Å². The molecule has 0 spiro atoms. The van der Waals surface area contributed by atoms with Crippen LogP contribution < -0.4 is 28.1 Å². The van der Waals surface area contributed by atoms with Crippen LogP contribution in [0.2, 0.25) is 0 Å². The van der Waals surface area contributed by atoms with Crippen molar-refractivity contribution >= 4 is 6.48 Å². The second-order valence-electron chi connectivity index (χ2n) is 14.1. The van der Waals surface area contributed by atoms with Gasteiger partial charge in [0, 0.05) is 0 Å². The molecule has 0 fully saturated rings. The molecule has 2 aliphatic rings. The Hall–Kier alpha value is -2.52. The fourth-order valence-corrected chi connectivity index (χ4v) is 14.4. The minimum absolute atomic E-state index is 0. The van der Waals surface area contributed by atoms with Crippen molar-refractivity contribution in [2.24, 2.45) is 0 Å². The van der Waals surface area contributed by atoms with E-state index in [9.17, 15) is 13.2 Å². The van der Waals surface area contributed by atoms with Crippen LogP contribution in [0.1, 0.15) is 86.9 Å². The third kappa shape index (κ3) is 7.15. The predicted molar refractivity (Wildman–Crippen MR) is 175 cm³/mol. The minimum atomic E-state index is -4.41. The maximum absolute atomic E-state index is 14.1. The average molecular weight is 739 g/mol. The van der Waals surface area contributed by atoms with E-state index in [-0.39, 0.29) is 35.6 Å². The molecule has 0 N–H and O–H groups in total. The van der Waals surface area contributed by atoms with Crippen LogP contribution in [0.3, 0.4) is 0 Å². The van der Waals surface area contributed by atoms with E-state index in [1.807, 2.05) is 24.3 Å². The summed E-state index contributed by atoms with van der Waals surface area (Å²) < 4.78 is 46.1. The largest absolute Gasteiger partial charge is 1.00 e. The van der Waals surface area contributed by atoms with Gasteiger partial charge in [-0.1, -0.05) is 0 Å². The number of allylic oxidation sites excluding steroid dienone is 4. The molecule has 0 unspecified atom stereocenters. The molecule has 6 heteroatoms. The van der Waals surface area contributed by atoms with Gasteiger partial charge in [0.25, 0.3) is 0 Å². The Balaban J connectivity index is 0.00000240. The van der Waals surface area contributed by atoms with Crippen molar-refractivity contribution in [3.8, 4) is 11.1 Å². The van der Waals surface area contributed by atoms with Crippen molar-refractivity contribution in [1.82, 2.24) is 0 Å². The first-order chi connectivity index (χ1) is 20.7. The Morgan fingerprint density at radius 2 is 1.30 bits per heavy atom. The first-order valence-electron chi connectivity index (χ1n) is 15.4. The zero-order valence-corrected chi connectivity index (χ0v) is 31.1. The van der Waals surface area contributed by atoms with Crippen molar-refractivity contribution in [3.63, 3.8) is 0 Å². The summed E-state index contributed by atoms with van der Waals surface area (Å²) in [6, 6.07) is 27.9. The number of hydrogen-bond acceptors (Lipinski definition) is 0. The van der Waals surface area contributed by atoms with Crippen molar-refractivity contribution in [3.05, 3.63) is 145 Å². The monoisotopic (exact) mass is 736 g/mol. The van der Waals surface area contributed by atoms with Gasteiger partial charge < -0.3 is 24.8 Å². The Morgan fingerprint density at radius 3 is 1.91 bits per heavy atom. The van der Waals surface area contributed by atoms with Gasteiger partial charge in [0.15, 0.2) is 0 Å². The topological polar surface area (TPSA) is 0 Å². The molecule has 4 aromatic carbocycles. The molecule has 0 saturated heterocycles. The van der Waals surface area contributed by atoms with Crippen molar-refractivity contribution in [1.29, 1.82) is 0 Å². The molecule has 2 aliphatic carbocycles. The molecule has 0 bridgehead atoms. The zero-order chi connectivity index (χ0) is 31.4. The third-order valence-corrected chi connectivity index (χ3v) is 16.5. The second-order valence-corrected chi connectivity index (χ2v) is 20.1. The Kier molecular flexibility index (Phi) is 10.7. The fourth-order valence-electron chi connectivity index (χ4n) is 6.41. The summed E-state index contributed by atoms with van der Waals surface area (Å²) in [5.74, 6) is 0. The van der Waals surface area contributed by atoms with Gasteiger partial charge in [-0.25, -0.2) is 0 Å². The number of alkyl halides is 3. The van der Waals surface area contributed by atoms with E-state index < -0.39 is 33.0 Å². The smallest absolute Gasteiger partial charge is 1.00 e. The maximum atomic E-state index is 14.1. The van der Waals surface area contributed by atoms with Gasteiger partial charge in [0.1, 0.15) is 0 Å². The van der Waals surface area contributed by atoms with Crippen LogP contribution >= 0.6 is 0 Å². The van der Waals surface area contributed by atoms with E-state index in [1.54, 1.807) is 6.07 Å². The summed E-state index contributed by atoms with van der Waals surface area (Å²) in [5.41, 5.74) is 8.95. The third-order valence-electron chi connectivity index (χ3n) is 8.90. The van der Waals surface area contributed by atoms with Gasteiger partial charge in [-0.15, -0.1) is 0 Å². The molecule has 238 valence electrons. The molecular weight excluding hydrogens is 700 g/mol. The fraction of sp³-hybridized carbons (Fsp3) is 0.275. The number of benzene rings is 4. The quantitative estimate of drug-likeness (QED) is 0.259. The normalized spacial score (nSPS) is 14.1. The van der Waals surface area contributed by atoms with Gasteiger partial charge in [-0.3, -0.25) is 0 Å². The van der Waals surface area contributed by atoms with Gasteiger partial charge in [-0.2, -0.15) is 0 Å². The predicted octanol–water partition coefficient (Wildman–Crippen LogP) is 4.24. The Morgan fingerprint density at radius 1 is 0.652 bits per heavy atom. The Labute approximate surface area is 291 Å². The SMILES string of the molecule is CC(C)(C)c1ccc2c(c1)-c1cc(C(C)(C)C)c[c](/[Zr+2]([C]3=CC=CC3)=[C](/c3ccccc3)c3cccc(C(F)(F)F)c3)c1C2.[Cl-].[Cl-]. The number of rotatable bonds is 4. The van der Waals surface area contributed by atoms with Crippen LogP contribution in [0.15, 0.2) is 106 Å². The molecule has 6 rings (SSSR count). The molecule has 0 aromatic heterocycles. The molecule has 0 aliphatic heterocycles. The summed E-state index contributed by atoms with van der Waals surface area (Å²) in [5, 5.41) is 0. The first-order valence-corrected chi connectivity index (χ1v) is 19.1. The second kappa shape index (κ2) is 13.5. The van der Waals surface area contributed by atoms with Crippen LogP contribution in [-0.2, 0) is 44.7 Å². The maximum Gasteiger partial charge on any atom is -1.00 e. The summed E-state index contributed by atoms with van der Waals surface area (Å²) in [6.45, 7) is 13.5. The van der Waals surface area contributed by atoms with E-state index >= 15 is 0 Å². The average Bonchev–Trinajstić information content (AvgIpc) is 3.63. The minimum Gasteiger partial charge on any atom is -1.00 e. The van der Waals surface area contributed by atoms with Crippen molar-refractivity contribution in [2.45, 2.75) is 71.4 Å². The van der Waals surface area contributed by atoms with Crippen LogP contribution in [0.4, 0.5) is 13.2 Å². The van der Waals surface area contributed by atoms with Crippen LogP contribution in [0, 0.1) is 0 Å². The molecule has 0 radical (unpaired) electrons. The van der Waals surface area contributed by atoms with E-state index in [2.05, 4.69) is 102 Å². The summed E-state index contributed by atoms with van der Waals surface area (Å²) in [6.07, 6.45) is 3.87. The number of hydrogen-bond donors (Lipinski definition) is 0. The van der Waals surface area contributed by atoms with Gasteiger partial charge in [-0.05, 0) is 0 Å². The van der Waals surface area contributed by atoms with E-state index in [0.717, 1.165) is 21.6 Å². The van der Waals surface area contributed by atoms with Crippen LogP contribution in [0.5, 0.6) is 0 Å².